The minimum absolute atomic E-state index is 0.0774. The fraction of sp³-hybridized carbons (Fsp3) is 0.235. The molecule has 1 amide bonds. The Morgan fingerprint density at radius 2 is 1.96 bits per heavy atom. The topological polar surface area (TPSA) is 66.7 Å². The van der Waals surface area contributed by atoms with Gasteiger partial charge in [-0.25, -0.2) is 0 Å². The average Bonchev–Trinajstić information content (AvgIpc) is 2.97. The molecule has 0 atom stereocenters. The predicted molar refractivity (Wildman–Crippen MR) is 89.2 cm³/mol. The molecule has 6 nitrogen and oxygen atoms in total. The van der Waals surface area contributed by atoms with Gasteiger partial charge in [-0.2, -0.15) is 0 Å². The SMILES string of the molecule is CN(C)c1ccc([N+](=O)[O-])cc1C(=O)N1CCc2ccccc21. The summed E-state index contributed by atoms with van der Waals surface area (Å²) in [4.78, 5) is 27.0. The van der Waals surface area contributed by atoms with Gasteiger partial charge in [-0.15, -0.1) is 0 Å². The van der Waals surface area contributed by atoms with Crippen LogP contribution in [0.3, 0.4) is 0 Å². The lowest BCUT2D eigenvalue weighted by Gasteiger charge is -2.22. The van der Waals surface area contributed by atoms with E-state index in [1.165, 1.54) is 12.1 Å². The van der Waals surface area contributed by atoms with Crippen LogP contribution in [0, 0.1) is 10.1 Å². The molecule has 0 spiro atoms. The molecule has 0 aromatic heterocycles. The zero-order valence-corrected chi connectivity index (χ0v) is 13.0. The molecular formula is C17H17N3O3. The Balaban J connectivity index is 2.05. The summed E-state index contributed by atoms with van der Waals surface area (Å²) in [5.74, 6) is -0.206. The van der Waals surface area contributed by atoms with Crippen molar-refractivity contribution >= 4 is 23.0 Å². The van der Waals surface area contributed by atoms with Crippen molar-refractivity contribution in [3.05, 3.63) is 63.7 Å². The van der Waals surface area contributed by atoms with Crippen LogP contribution in [-0.2, 0) is 6.42 Å². The fourth-order valence-electron chi connectivity index (χ4n) is 2.89. The van der Waals surface area contributed by atoms with Crippen LogP contribution in [0.4, 0.5) is 17.1 Å². The second-order valence-corrected chi connectivity index (χ2v) is 5.69. The van der Waals surface area contributed by atoms with E-state index in [1.807, 2.05) is 38.4 Å². The van der Waals surface area contributed by atoms with Crippen LogP contribution >= 0.6 is 0 Å². The van der Waals surface area contributed by atoms with Crippen LogP contribution in [0.5, 0.6) is 0 Å². The minimum atomic E-state index is -0.478. The van der Waals surface area contributed by atoms with E-state index in [-0.39, 0.29) is 11.6 Å². The molecule has 0 fully saturated rings. The number of nitro benzene ring substituents is 1. The molecule has 6 heteroatoms. The van der Waals surface area contributed by atoms with Crippen molar-refractivity contribution in [1.29, 1.82) is 0 Å². The maximum atomic E-state index is 13.0. The summed E-state index contributed by atoms with van der Waals surface area (Å²) in [6.07, 6.45) is 0.800. The molecule has 3 rings (SSSR count). The third-order valence-corrected chi connectivity index (χ3v) is 4.04. The number of nitro groups is 1. The molecule has 0 bridgehead atoms. The maximum Gasteiger partial charge on any atom is 0.270 e. The number of carbonyl (C=O) groups excluding carboxylic acids is 1. The van der Waals surface area contributed by atoms with E-state index in [2.05, 4.69) is 0 Å². The van der Waals surface area contributed by atoms with Gasteiger partial charge in [-0.05, 0) is 24.1 Å². The molecule has 23 heavy (non-hydrogen) atoms. The number of hydrogen-bond donors (Lipinski definition) is 0. The monoisotopic (exact) mass is 311 g/mol. The second-order valence-electron chi connectivity index (χ2n) is 5.69. The Kier molecular flexibility index (Phi) is 3.73. The molecule has 0 saturated carbocycles. The van der Waals surface area contributed by atoms with E-state index >= 15 is 0 Å². The molecule has 1 aliphatic heterocycles. The van der Waals surface area contributed by atoms with Crippen molar-refractivity contribution in [2.45, 2.75) is 6.42 Å². The molecule has 0 aliphatic carbocycles. The van der Waals surface area contributed by atoms with E-state index < -0.39 is 4.92 Å². The Morgan fingerprint density at radius 1 is 1.22 bits per heavy atom. The van der Waals surface area contributed by atoms with Crippen molar-refractivity contribution in [2.75, 3.05) is 30.4 Å². The summed E-state index contributed by atoms with van der Waals surface area (Å²) >= 11 is 0. The zero-order valence-electron chi connectivity index (χ0n) is 13.0. The van der Waals surface area contributed by atoms with E-state index in [1.54, 1.807) is 15.9 Å². The standard InChI is InChI=1S/C17H17N3O3/c1-18(2)16-8-7-13(20(22)23)11-14(16)17(21)19-10-9-12-5-3-4-6-15(12)19/h3-8,11H,9-10H2,1-2H3. The molecule has 1 aliphatic rings. The third kappa shape index (κ3) is 2.63. The molecule has 1 heterocycles. The first kappa shape index (κ1) is 15.0. The number of rotatable bonds is 3. The van der Waals surface area contributed by atoms with Gasteiger partial charge >= 0.3 is 0 Å². The molecule has 0 N–H and O–H groups in total. The van der Waals surface area contributed by atoms with E-state index in [0.29, 0.717) is 17.8 Å². The number of carbonyl (C=O) groups is 1. The van der Waals surface area contributed by atoms with Crippen molar-refractivity contribution in [1.82, 2.24) is 0 Å². The highest BCUT2D eigenvalue weighted by atomic mass is 16.6. The summed E-state index contributed by atoms with van der Waals surface area (Å²) < 4.78 is 0. The quantitative estimate of drug-likeness (QED) is 0.646. The number of non-ortho nitro benzene ring substituents is 1. The first-order chi connectivity index (χ1) is 11.0. The van der Waals surface area contributed by atoms with Crippen LogP contribution in [0.1, 0.15) is 15.9 Å². The number of hydrogen-bond acceptors (Lipinski definition) is 4. The van der Waals surface area contributed by atoms with Crippen LogP contribution in [0.25, 0.3) is 0 Å². The highest BCUT2D eigenvalue weighted by Gasteiger charge is 2.28. The summed E-state index contributed by atoms with van der Waals surface area (Å²) in [5.41, 5.74) is 2.95. The molecule has 2 aromatic carbocycles. The van der Waals surface area contributed by atoms with Crippen LogP contribution in [0.15, 0.2) is 42.5 Å². The van der Waals surface area contributed by atoms with Crippen LogP contribution in [-0.4, -0.2) is 31.5 Å². The molecule has 0 unspecified atom stereocenters. The van der Waals surface area contributed by atoms with Crippen molar-refractivity contribution in [2.24, 2.45) is 0 Å². The van der Waals surface area contributed by atoms with E-state index in [4.69, 9.17) is 0 Å². The van der Waals surface area contributed by atoms with Gasteiger partial charge in [-0.1, -0.05) is 18.2 Å². The van der Waals surface area contributed by atoms with Gasteiger partial charge in [-0.3, -0.25) is 14.9 Å². The van der Waals surface area contributed by atoms with Gasteiger partial charge in [0.25, 0.3) is 11.6 Å². The third-order valence-electron chi connectivity index (χ3n) is 4.04. The van der Waals surface area contributed by atoms with Gasteiger partial charge in [0.15, 0.2) is 0 Å². The van der Waals surface area contributed by atoms with Gasteiger partial charge in [0.05, 0.1) is 10.5 Å². The minimum Gasteiger partial charge on any atom is -0.377 e. The summed E-state index contributed by atoms with van der Waals surface area (Å²) in [7, 11) is 3.63. The summed E-state index contributed by atoms with van der Waals surface area (Å²) in [6.45, 7) is 0.591. The number of fused-ring (bicyclic) bond motifs is 1. The van der Waals surface area contributed by atoms with Crippen LogP contribution < -0.4 is 9.80 Å². The Hall–Kier alpha value is -2.89. The lowest BCUT2D eigenvalue weighted by molar-refractivity contribution is -0.384. The van der Waals surface area contributed by atoms with Crippen molar-refractivity contribution in [3.8, 4) is 0 Å². The Morgan fingerprint density at radius 3 is 2.65 bits per heavy atom. The number of nitrogens with zero attached hydrogens (tertiary/aromatic N) is 3. The van der Waals surface area contributed by atoms with Gasteiger partial charge in [0, 0.05) is 44.1 Å². The molecular weight excluding hydrogens is 294 g/mol. The van der Waals surface area contributed by atoms with E-state index in [0.717, 1.165) is 17.7 Å². The largest absolute Gasteiger partial charge is 0.377 e. The molecule has 0 saturated heterocycles. The average molecular weight is 311 g/mol. The smallest absolute Gasteiger partial charge is 0.270 e. The van der Waals surface area contributed by atoms with Crippen LogP contribution in [0.2, 0.25) is 0 Å². The highest BCUT2D eigenvalue weighted by molar-refractivity contribution is 6.11. The number of anilines is 2. The van der Waals surface area contributed by atoms with Gasteiger partial charge in [0.2, 0.25) is 0 Å². The van der Waals surface area contributed by atoms with Gasteiger partial charge in [0.1, 0.15) is 0 Å². The van der Waals surface area contributed by atoms with Crippen molar-refractivity contribution in [3.63, 3.8) is 0 Å². The number of amides is 1. The zero-order chi connectivity index (χ0) is 16.6. The number of benzene rings is 2. The maximum absolute atomic E-state index is 13.0. The van der Waals surface area contributed by atoms with Gasteiger partial charge < -0.3 is 9.80 Å². The lowest BCUT2D eigenvalue weighted by atomic mass is 10.1. The molecule has 2 aromatic rings. The molecule has 0 radical (unpaired) electrons. The fourth-order valence-corrected chi connectivity index (χ4v) is 2.89. The second kappa shape index (κ2) is 5.72. The summed E-state index contributed by atoms with van der Waals surface area (Å²) in [5, 5.41) is 11.0. The predicted octanol–water partition coefficient (Wildman–Crippen LogP) is 2.86. The highest BCUT2D eigenvalue weighted by Crippen LogP contribution is 2.32. The Labute approximate surface area is 134 Å². The molecule has 118 valence electrons. The Bertz CT molecular complexity index is 786. The first-order valence-electron chi connectivity index (χ1n) is 7.34. The normalized spacial score (nSPS) is 12.9. The first-order valence-corrected chi connectivity index (χ1v) is 7.34. The van der Waals surface area contributed by atoms with E-state index in [9.17, 15) is 14.9 Å². The lowest BCUT2D eigenvalue weighted by Crippen LogP contribution is -2.30. The van der Waals surface area contributed by atoms with Crippen molar-refractivity contribution < 1.29 is 9.72 Å². The summed E-state index contributed by atoms with van der Waals surface area (Å²) in [6, 6.07) is 12.2. The number of para-hydroxylation sites is 1.